The van der Waals surface area contributed by atoms with Gasteiger partial charge in [-0.15, -0.1) is 0 Å². The number of halogens is 2. The summed E-state index contributed by atoms with van der Waals surface area (Å²) < 4.78 is 20.6. The van der Waals surface area contributed by atoms with Gasteiger partial charge in [0.15, 0.2) is 0 Å². The molecule has 1 N–H and O–H groups in total. The second-order valence-corrected chi connectivity index (χ2v) is 2.18. The van der Waals surface area contributed by atoms with E-state index in [-0.39, 0.29) is 19.3 Å². The van der Waals surface area contributed by atoms with Gasteiger partial charge in [0.1, 0.15) is 0 Å². The van der Waals surface area contributed by atoms with Crippen molar-refractivity contribution in [1.82, 2.24) is 0 Å². The number of hydrogen-bond donors (Lipinski definition) is 1. The molecule has 0 heterocycles. The largest absolute Gasteiger partial charge is 0.481 e. The molecule has 0 aromatic rings. The Hall–Kier alpha value is -0.670. The van der Waals surface area contributed by atoms with Crippen molar-refractivity contribution in [2.24, 2.45) is 5.92 Å². The van der Waals surface area contributed by atoms with Crippen LogP contribution in [0.15, 0.2) is 0 Å². The fourth-order valence-corrected chi connectivity index (χ4v) is 0.175. The first-order chi connectivity index (χ1) is 6.01. The molecule has 0 aliphatic rings. The van der Waals surface area contributed by atoms with Gasteiger partial charge in [-0.25, -0.2) is 0 Å². The Labute approximate surface area is 79.0 Å². The van der Waals surface area contributed by atoms with Crippen molar-refractivity contribution >= 4 is 5.97 Å². The molecular weight excluding hydrogens is 178 g/mol. The predicted octanol–water partition coefficient (Wildman–Crippen LogP) is 3.07. The quantitative estimate of drug-likeness (QED) is 0.740. The van der Waals surface area contributed by atoms with E-state index in [1.165, 1.54) is 13.8 Å². The topological polar surface area (TPSA) is 37.3 Å². The summed E-state index contributed by atoms with van der Waals surface area (Å²) >= 11 is 0. The lowest BCUT2D eigenvalue weighted by Crippen LogP contribution is -2.06. The van der Waals surface area contributed by atoms with E-state index in [0.29, 0.717) is 0 Å². The molecule has 4 heteroatoms. The summed E-state index contributed by atoms with van der Waals surface area (Å²) in [6, 6.07) is 0. The Morgan fingerprint density at radius 1 is 1.23 bits per heavy atom. The van der Waals surface area contributed by atoms with E-state index in [4.69, 9.17) is 5.11 Å². The highest BCUT2D eigenvalue weighted by Gasteiger charge is 2.05. The average molecular weight is 198 g/mol. The molecule has 1 unspecified atom stereocenters. The minimum atomic E-state index is -0.706. The third kappa shape index (κ3) is 34.7. The Morgan fingerprint density at radius 2 is 1.46 bits per heavy atom. The molecule has 0 aliphatic carbocycles. The molecule has 0 fully saturated rings. The first kappa shape index (κ1) is 18.2. The molecule has 0 spiro atoms. The van der Waals surface area contributed by atoms with Gasteiger partial charge in [-0.2, -0.15) is 0 Å². The van der Waals surface area contributed by atoms with Crippen molar-refractivity contribution in [3.8, 4) is 0 Å². The molecule has 13 heavy (non-hydrogen) atoms. The maximum Gasteiger partial charge on any atom is 0.306 e. The molecule has 0 radical (unpaired) electrons. The van der Waals surface area contributed by atoms with E-state index in [1.54, 1.807) is 6.92 Å². The summed E-state index contributed by atoms with van der Waals surface area (Å²) in [4.78, 5) is 9.93. The Bertz CT molecular complexity index is 95.6. The zero-order valence-electron chi connectivity index (χ0n) is 8.81. The molecular formula is C9H20F2O2. The van der Waals surface area contributed by atoms with Crippen molar-refractivity contribution in [1.29, 1.82) is 0 Å². The predicted molar refractivity (Wildman–Crippen MR) is 50.4 cm³/mol. The number of aliphatic carboxylic acids is 1. The Kier molecular flexibility index (Phi) is 24.4. The summed E-state index contributed by atoms with van der Waals surface area (Å²) in [6.45, 7) is 5.97. The minimum Gasteiger partial charge on any atom is -0.481 e. The lowest BCUT2D eigenvalue weighted by atomic mass is 10.1. The van der Waals surface area contributed by atoms with Gasteiger partial charge in [-0.3, -0.25) is 13.6 Å². The van der Waals surface area contributed by atoms with Crippen molar-refractivity contribution < 1.29 is 18.7 Å². The van der Waals surface area contributed by atoms with Crippen LogP contribution < -0.4 is 0 Å². The zero-order chi connectivity index (χ0) is 11.3. The fourth-order valence-electron chi connectivity index (χ4n) is 0.175. The summed E-state index contributed by atoms with van der Waals surface area (Å²) in [5.41, 5.74) is 0. The van der Waals surface area contributed by atoms with Gasteiger partial charge in [0, 0.05) is 0 Å². The molecule has 0 rings (SSSR count). The summed E-state index contributed by atoms with van der Waals surface area (Å²) in [7, 11) is 0. The van der Waals surface area contributed by atoms with Crippen LogP contribution in [-0.2, 0) is 4.79 Å². The second kappa shape index (κ2) is 17.4. The Morgan fingerprint density at radius 3 is 1.46 bits per heavy atom. The van der Waals surface area contributed by atoms with Crippen molar-refractivity contribution in [2.75, 3.05) is 13.3 Å². The third-order valence-corrected chi connectivity index (χ3v) is 1.03. The van der Waals surface area contributed by atoms with E-state index >= 15 is 0 Å². The second-order valence-electron chi connectivity index (χ2n) is 2.18. The van der Waals surface area contributed by atoms with E-state index < -0.39 is 5.97 Å². The van der Waals surface area contributed by atoms with Crippen LogP contribution in [0.25, 0.3) is 0 Å². The highest BCUT2D eigenvalue weighted by molar-refractivity contribution is 5.69. The van der Waals surface area contributed by atoms with Gasteiger partial charge in [0.2, 0.25) is 0 Å². The molecule has 0 saturated carbocycles. The van der Waals surface area contributed by atoms with Crippen LogP contribution in [0, 0.1) is 5.92 Å². The van der Waals surface area contributed by atoms with Crippen LogP contribution >= 0.6 is 0 Å². The molecule has 0 aromatic heterocycles. The molecule has 0 amide bonds. The van der Waals surface area contributed by atoms with Gasteiger partial charge < -0.3 is 5.11 Å². The number of carbonyl (C=O) groups is 1. The SMILES string of the molecule is CCC(C)C(=O)O.CCF.CCF. The number of hydrogen-bond acceptors (Lipinski definition) is 1. The molecule has 0 aromatic carbocycles. The van der Waals surface area contributed by atoms with Crippen LogP contribution in [0.1, 0.15) is 34.1 Å². The smallest absolute Gasteiger partial charge is 0.306 e. The third-order valence-electron chi connectivity index (χ3n) is 1.03. The number of carboxylic acids is 1. The lowest BCUT2D eigenvalue weighted by Gasteiger charge is -1.96. The van der Waals surface area contributed by atoms with Crippen molar-refractivity contribution in [3.05, 3.63) is 0 Å². The fraction of sp³-hybridized carbons (Fsp3) is 0.889. The molecule has 0 aliphatic heterocycles. The van der Waals surface area contributed by atoms with Gasteiger partial charge in [-0.05, 0) is 20.3 Å². The molecule has 82 valence electrons. The van der Waals surface area contributed by atoms with E-state index in [0.717, 1.165) is 6.42 Å². The first-order valence-electron chi connectivity index (χ1n) is 4.36. The van der Waals surface area contributed by atoms with Crippen LogP contribution in [0.4, 0.5) is 8.78 Å². The molecule has 1 atom stereocenters. The average Bonchev–Trinajstić information content (AvgIpc) is 2.05. The van der Waals surface area contributed by atoms with Gasteiger partial charge in [0.25, 0.3) is 0 Å². The number of alkyl halides is 2. The number of rotatable bonds is 2. The van der Waals surface area contributed by atoms with E-state index in [2.05, 4.69) is 0 Å². The van der Waals surface area contributed by atoms with Crippen molar-refractivity contribution in [3.63, 3.8) is 0 Å². The van der Waals surface area contributed by atoms with Crippen LogP contribution in [0.5, 0.6) is 0 Å². The summed E-state index contributed by atoms with van der Waals surface area (Å²) in [5, 5.41) is 8.18. The van der Waals surface area contributed by atoms with Crippen LogP contribution in [0.3, 0.4) is 0 Å². The standard InChI is InChI=1S/C5H10O2.2C2H5F/c1-3-4(2)5(6)7;2*1-2-3/h4H,3H2,1-2H3,(H,6,7);2*2H2,1H3. The highest BCUT2D eigenvalue weighted by Crippen LogP contribution is 1.97. The maximum absolute atomic E-state index is 10.3. The highest BCUT2D eigenvalue weighted by atomic mass is 19.1. The van der Waals surface area contributed by atoms with Crippen molar-refractivity contribution in [2.45, 2.75) is 34.1 Å². The van der Waals surface area contributed by atoms with Crippen LogP contribution in [-0.4, -0.2) is 24.4 Å². The molecule has 0 bridgehead atoms. The van der Waals surface area contributed by atoms with E-state index in [1.807, 2.05) is 6.92 Å². The zero-order valence-corrected chi connectivity index (χ0v) is 8.81. The normalized spacial score (nSPS) is 10.0. The van der Waals surface area contributed by atoms with Crippen LogP contribution in [0.2, 0.25) is 0 Å². The van der Waals surface area contributed by atoms with Gasteiger partial charge in [0.05, 0.1) is 19.3 Å². The minimum absolute atomic E-state index is 0.181. The maximum atomic E-state index is 10.3. The number of carboxylic acid groups (broad SMARTS) is 1. The monoisotopic (exact) mass is 198 g/mol. The molecule has 2 nitrogen and oxygen atoms in total. The summed E-state index contributed by atoms with van der Waals surface area (Å²) in [5.74, 6) is -0.887. The van der Waals surface area contributed by atoms with Gasteiger partial charge >= 0.3 is 5.97 Å². The first-order valence-corrected chi connectivity index (χ1v) is 4.36. The Balaban J connectivity index is -0.000000140. The van der Waals surface area contributed by atoms with Gasteiger partial charge in [-0.1, -0.05) is 13.8 Å². The molecule has 0 saturated heterocycles. The summed E-state index contributed by atoms with van der Waals surface area (Å²) in [6.07, 6.45) is 0.718. The van der Waals surface area contributed by atoms with E-state index in [9.17, 15) is 13.6 Å². The lowest BCUT2D eigenvalue weighted by molar-refractivity contribution is -0.141.